The Bertz CT molecular complexity index is 936. The van der Waals surface area contributed by atoms with Crippen LogP contribution in [-0.4, -0.2) is 29.6 Å². The van der Waals surface area contributed by atoms with E-state index in [1.165, 1.54) is 11.3 Å². The maximum Gasteiger partial charge on any atom is 0.259 e. The molecule has 2 aromatic carbocycles. The number of phenolic OH excluding ortho intramolecular Hbond substituents is 1. The van der Waals surface area contributed by atoms with E-state index in [0.717, 1.165) is 18.8 Å². The number of phenols is 1. The summed E-state index contributed by atoms with van der Waals surface area (Å²) < 4.78 is 0. The van der Waals surface area contributed by atoms with E-state index in [1.54, 1.807) is 42.4 Å². The molecular weight excluding hydrogens is 326 g/mol. The molecule has 26 heavy (non-hydrogen) atoms. The van der Waals surface area contributed by atoms with Crippen molar-refractivity contribution >= 4 is 23.1 Å². The van der Waals surface area contributed by atoms with Crippen LogP contribution < -0.4 is 9.80 Å². The normalized spacial score (nSPS) is 12.7. The summed E-state index contributed by atoms with van der Waals surface area (Å²) in [6.07, 6.45) is 2.62. The van der Waals surface area contributed by atoms with E-state index in [4.69, 9.17) is 0 Å². The summed E-state index contributed by atoms with van der Waals surface area (Å²) in [4.78, 5) is 20.9. The number of amides is 1. The summed E-state index contributed by atoms with van der Waals surface area (Å²) >= 11 is 0. The smallest absolute Gasteiger partial charge is 0.259 e. The van der Waals surface area contributed by atoms with Gasteiger partial charge in [-0.15, -0.1) is 0 Å². The maximum atomic E-state index is 12.7. The lowest BCUT2D eigenvalue weighted by Gasteiger charge is -2.20. The molecule has 0 aliphatic carbocycles. The second kappa shape index (κ2) is 6.52. The van der Waals surface area contributed by atoms with Gasteiger partial charge in [0.05, 0.1) is 5.56 Å². The number of pyridine rings is 1. The van der Waals surface area contributed by atoms with E-state index in [9.17, 15) is 9.90 Å². The topological polar surface area (TPSA) is 56.7 Å². The Balaban J connectivity index is 1.54. The quantitative estimate of drug-likeness (QED) is 0.785. The van der Waals surface area contributed by atoms with Crippen molar-refractivity contribution in [1.82, 2.24) is 4.98 Å². The first kappa shape index (κ1) is 16.1. The first-order valence-corrected chi connectivity index (χ1v) is 8.52. The van der Waals surface area contributed by atoms with Crippen LogP contribution in [0.25, 0.3) is 0 Å². The van der Waals surface area contributed by atoms with Crippen molar-refractivity contribution in [2.24, 2.45) is 0 Å². The number of fused-ring (bicyclic) bond motifs is 1. The molecule has 5 heteroatoms. The standard InChI is InChI=1S/C21H19N3O2/c1-23(17-7-9-18(25)10-8-17)21(26)16-6-11-20(22-14-16)24-13-12-15-4-2-3-5-19(15)24/h2-11,14,25H,12-13H2,1H3. The van der Waals surface area contributed by atoms with Crippen LogP contribution in [0.1, 0.15) is 15.9 Å². The Hall–Kier alpha value is -3.34. The number of carbonyl (C=O) groups excluding carboxylic acids is 1. The second-order valence-electron chi connectivity index (χ2n) is 6.32. The number of aromatic hydroxyl groups is 1. The molecule has 0 bridgehead atoms. The van der Waals surface area contributed by atoms with Crippen molar-refractivity contribution in [3.63, 3.8) is 0 Å². The van der Waals surface area contributed by atoms with Crippen LogP contribution in [0, 0.1) is 0 Å². The molecule has 0 fully saturated rings. The van der Waals surface area contributed by atoms with Gasteiger partial charge in [0.25, 0.3) is 5.91 Å². The highest BCUT2D eigenvalue weighted by Gasteiger charge is 2.21. The summed E-state index contributed by atoms with van der Waals surface area (Å²) in [7, 11) is 1.71. The van der Waals surface area contributed by atoms with Gasteiger partial charge in [-0.05, 0) is 54.4 Å². The summed E-state index contributed by atoms with van der Waals surface area (Å²) in [5.74, 6) is 0.877. The fourth-order valence-corrected chi connectivity index (χ4v) is 3.24. The van der Waals surface area contributed by atoms with Crippen LogP contribution in [0.2, 0.25) is 0 Å². The van der Waals surface area contributed by atoms with Crippen LogP contribution in [0.5, 0.6) is 5.75 Å². The number of anilines is 3. The number of hydrogen-bond acceptors (Lipinski definition) is 4. The van der Waals surface area contributed by atoms with Gasteiger partial charge in [0, 0.05) is 31.2 Å². The minimum atomic E-state index is -0.142. The Morgan fingerprint density at radius 3 is 2.58 bits per heavy atom. The number of rotatable bonds is 3. The van der Waals surface area contributed by atoms with Crippen molar-refractivity contribution in [1.29, 1.82) is 0 Å². The lowest BCUT2D eigenvalue weighted by molar-refractivity contribution is 0.0992. The zero-order chi connectivity index (χ0) is 18.1. The minimum absolute atomic E-state index is 0.142. The molecule has 0 radical (unpaired) electrons. The summed E-state index contributed by atoms with van der Waals surface area (Å²) in [6, 6.07) is 18.5. The molecule has 1 N–H and O–H groups in total. The van der Waals surface area contributed by atoms with Crippen molar-refractivity contribution in [3.8, 4) is 5.75 Å². The number of para-hydroxylation sites is 1. The molecule has 3 aromatic rings. The third-order valence-electron chi connectivity index (χ3n) is 4.70. The van der Waals surface area contributed by atoms with Crippen molar-refractivity contribution < 1.29 is 9.90 Å². The van der Waals surface area contributed by atoms with E-state index in [2.05, 4.69) is 28.1 Å². The van der Waals surface area contributed by atoms with Crippen molar-refractivity contribution in [3.05, 3.63) is 78.0 Å². The lowest BCUT2D eigenvalue weighted by Crippen LogP contribution is -2.26. The van der Waals surface area contributed by atoms with Gasteiger partial charge in [-0.25, -0.2) is 4.98 Å². The predicted octanol–water partition coefficient (Wildman–Crippen LogP) is 3.76. The van der Waals surface area contributed by atoms with Gasteiger partial charge in [0.2, 0.25) is 0 Å². The Morgan fingerprint density at radius 2 is 1.85 bits per heavy atom. The molecule has 0 spiro atoms. The number of benzene rings is 2. The minimum Gasteiger partial charge on any atom is -0.508 e. The predicted molar refractivity (Wildman–Crippen MR) is 102 cm³/mol. The molecule has 1 aliphatic rings. The van der Waals surface area contributed by atoms with Gasteiger partial charge < -0.3 is 14.9 Å². The van der Waals surface area contributed by atoms with E-state index in [0.29, 0.717) is 11.3 Å². The van der Waals surface area contributed by atoms with E-state index < -0.39 is 0 Å². The van der Waals surface area contributed by atoms with Gasteiger partial charge in [-0.3, -0.25) is 4.79 Å². The Morgan fingerprint density at radius 1 is 1.08 bits per heavy atom. The van der Waals surface area contributed by atoms with E-state index in [1.807, 2.05) is 18.2 Å². The largest absolute Gasteiger partial charge is 0.508 e. The monoisotopic (exact) mass is 345 g/mol. The number of hydrogen-bond donors (Lipinski definition) is 1. The molecule has 2 heterocycles. The summed E-state index contributed by atoms with van der Waals surface area (Å²) in [6.45, 7) is 0.896. The first-order valence-electron chi connectivity index (χ1n) is 8.52. The third kappa shape index (κ3) is 2.88. The van der Waals surface area contributed by atoms with Crippen LogP contribution >= 0.6 is 0 Å². The molecule has 0 saturated heterocycles. The van der Waals surface area contributed by atoms with Crippen molar-refractivity contribution in [2.75, 3.05) is 23.4 Å². The first-order chi connectivity index (χ1) is 12.6. The number of aromatic nitrogens is 1. The second-order valence-corrected chi connectivity index (χ2v) is 6.32. The van der Waals surface area contributed by atoms with Crippen LogP contribution in [0.15, 0.2) is 66.9 Å². The molecule has 1 amide bonds. The molecule has 0 saturated carbocycles. The summed E-state index contributed by atoms with van der Waals surface area (Å²) in [5.41, 5.74) is 3.74. The number of carbonyl (C=O) groups is 1. The SMILES string of the molecule is CN(C(=O)c1ccc(N2CCc3ccccc32)nc1)c1ccc(O)cc1. The van der Waals surface area contributed by atoms with E-state index in [-0.39, 0.29) is 11.7 Å². The molecule has 4 rings (SSSR count). The molecule has 0 atom stereocenters. The molecule has 1 aliphatic heterocycles. The van der Waals surface area contributed by atoms with Crippen molar-refractivity contribution in [2.45, 2.75) is 6.42 Å². The van der Waals surface area contributed by atoms with Gasteiger partial charge in [0.15, 0.2) is 0 Å². The number of nitrogens with zero attached hydrogens (tertiary/aromatic N) is 3. The van der Waals surface area contributed by atoms with Crippen LogP contribution in [0.3, 0.4) is 0 Å². The summed E-state index contributed by atoms with van der Waals surface area (Å²) in [5, 5.41) is 9.38. The van der Waals surface area contributed by atoms with E-state index >= 15 is 0 Å². The van der Waals surface area contributed by atoms with Gasteiger partial charge in [-0.2, -0.15) is 0 Å². The molecule has 1 aromatic heterocycles. The fourth-order valence-electron chi connectivity index (χ4n) is 3.24. The van der Waals surface area contributed by atoms with Gasteiger partial charge in [0.1, 0.15) is 11.6 Å². The zero-order valence-corrected chi connectivity index (χ0v) is 14.5. The van der Waals surface area contributed by atoms with Gasteiger partial charge >= 0.3 is 0 Å². The Labute approximate surface area is 152 Å². The lowest BCUT2D eigenvalue weighted by atomic mass is 10.2. The zero-order valence-electron chi connectivity index (χ0n) is 14.5. The average Bonchev–Trinajstić information content (AvgIpc) is 3.12. The molecule has 0 unspecified atom stereocenters. The van der Waals surface area contributed by atoms with Crippen LogP contribution in [0.4, 0.5) is 17.2 Å². The fraction of sp³-hybridized carbons (Fsp3) is 0.143. The highest BCUT2D eigenvalue weighted by molar-refractivity contribution is 6.05. The molecule has 5 nitrogen and oxygen atoms in total. The Kier molecular flexibility index (Phi) is 4.05. The molecule has 130 valence electrons. The average molecular weight is 345 g/mol. The molecular formula is C21H19N3O2. The van der Waals surface area contributed by atoms with Gasteiger partial charge in [-0.1, -0.05) is 18.2 Å². The highest BCUT2D eigenvalue weighted by atomic mass is 16.3. The third-order valence-corrected chi connectivity index (χ3v) is 4.70. The highest BCUT2D eigenvalue weighted by Crippen LogP contribution is 2.33. The maximum absolute atomic E-state index is 12.7. The van der Waals surface area contributed by atoms with Crippen LogP contribution in [-0.2, 0) is 6.42 Å².